The molecule has 1 atom stereocenters. The Balaban J connectivity index is 1.99. The molecule has 1 aromatic heterocycles. The predicted octanol–water partition coefficient (Wildman–Crippen LogP) is 1.20. The minimum atomic E-state index is 0.397. The number of likely N-dealkylation sites (tertiary alicyclic amines) is 1. The molecule has 15 heavy (non-hydrogen) atoms. The van der Waals surface area contributed by atoms with Crippen molar-refractivity contribution in [1.29, 1.82) is 0 Å². The SMILES string of the molecule is CNCCc1coc(C2CCCN2C)n1. The van der Waals surface area contributed by atoms with Crippen LogP contribution < -0.4 is 5.32 Å². The summed E-state index contributed by atoms with van der Waals surface area (Å²) in [6, 6.07) is 0.397. The maximum absolute atomic E-state index is 5.54. The largest absolute Gasteiger partial charge is 0.447 e. The van der Waals surface area contributed by atoms with E-state index in [0.29, 0.717) is 6.04 Å². The van der Waals surface area contributed by atoms with Crippen molar-refractivity contribution in [1.82, 2.24) is 15.2 Å². The summed E-state index contributed by atoms with van der Waals surface area (Å²) < 4.78 is 5.54. The zero-order valence-electron chi connectivity index (χ0n) is 9.49. The summed E-state index contributed by atoms with van der Waals surface area (Å²) >= 11 is 0. The van der Waals surface area contributed by atoms with Crippen LogP contribution in [0.25, 0.3) is 0 Å². The fourth-order valence-corrected chi connectivity index (χ4v) is 2.07. The Labute approximate surface area is 90.7 Å². The lowest BCUT2D eigenvalue weighted by Gasteiger charge is -2.14. The summed E-state index contributed by atoms with van der Waals surface area (Å²) in [4.78, 5) is 6.85. The highest BCUT2D eigenvalue weighted by Crippen LogP contribution is 2.29. The van der Waals surface area contributed by atoms with Gasteiger partial charge >= 0.3 is 0 Å². The molecule has 4 heteroatoms. The molecule has 1 unspecified atom stereocenters. The van der Waals surface area contributed by atoms with Gasteiger partial charge in [-0.2, -0.15) is 0 Å². The summed E-state index contributed by atoms with van der Waals surface area (Å²) in [6.45, 7) is 2.10. The van der Waals surface area contributed by atoms with E-state index in [1.807, 2.05) is 7.05 Å². The number of oxazole rings is 1. The molecule has 4 nitrogen and oxygen atoms in total. The van der Waals surface area contributed by atoms with Gasteiger partial charge in [0.2, 0.25) is 5.89 Å². The molecule has 2 rings (SSSR count). The van der Waals surface area contributed by atoms with E-state index < -0.39 is 0 Å². The molecule has 2 heterocycles. The molecular formula is C11H19N3O. The van der Waals surface area contributed by atoms with Crippen molar-refractivity contribution in [3.8, 4) is 0 Å². The van der Waals surface area contributed by atoms with Gasteiger partial charge in [0.1, 0.15) is 6.26 Å². The third-order valence-electron chi connectivity index (χ3n) is 3.01. The van der Waals surface area contributed by atoms with Crippen molar-refractivity contribution >= 4 is 0 Å². The Morgan fingerprint density at radius 1 is 1.67 bits per heavy atom. The van der Waals surface area contributed by atoms with E-state index >= 15 is 0 Å². The molecule has 0 amide bonds. The van der Waals surface area contributed by atoms with Gasteiger partial charge in [0.15, 0.2) is 0 Å². The van der Waals surface area contributed by atoms with E-state index in [0.717, 1.165) is 31.1 Å². The Morgan fingerprint density at radius 2 is 2.53 bits per heavy atom. The van der Waals surface area contributed by atoms with Gasteiger partial charge in [-0.05, 0) is 33.5 Å². The second-order valence-corrected chi connectivity index (χ2v) is 4.17. The number of nitrogens with zero attached hydrogens (tertiary/aromatic N) is 2. The Bertz CT molecular complexity index is 311. The van der Waals surface area contributed by atoms with Gasteiger partial charge < -0.3 is 9.73 Å². The van der Waals surface area contributed by atoms with Gasteiger partial charge in [-0.15, -0.1) is 0 Å². The third-order valence-corrected chi connectivity index (χ3v) is 3.01. The van der Waals surface area contributed by atoms with Crippen LogP contribution in [0.1, 0.15) is 30.5 Å². The number of nitrogens with one attached hydrogen (secondary N) is 1. The number of likely N-dealkylation sites (N-methyl/N-ethyl adjacent to an activating group) is 1. The highest BCUT2D eigenvalue weighted by atomic mass is 16.3. The van der Waals surface area contributed by atoms with Gasteiger partial charge in [0.05, 0.1) is 11.7 Å². The van der Waals surface area contributed by atoms with Crippen LogP contribution in [0.3, 0.4) is 0 Å². The molecule has 1 aromatic rings. The van der Waals surface area contributed by atoms with Crippen LogP contribution in [0.5, 0.6) is 0 Å². The molecule has 0 radical (unpaired) electrons. The molecule has 1 aliphatic rings. The molecular weight excluding hydrogens is 190 g/mol. The van der Waals surface area contributed by atoms with E-state index in [1.165, 1.54) is 12.8 Å². The quantitative estimate of drug-likeness (QED) is 0.809. The maximum Gasteiger partial charge on any atom is 0.211 e. The number of hydrogen-bond donors (Lipinski definition) is 1. The second-order valence-electron chi connectivity index (χ2n) is 4.17. The number of hydrogen-bond acceptors (Lipinski definition) is 4. The van der Waals surface area contributed by atoms with Gasteiger partial charge in [0.25, 0.3) is 0 Å². The topological polar surface area (TPSA) is 41.3 Å². The van der Waals surface area contributed by atoms with Crippen LogP contribution in [-0.2, 0) is 6.42 Å². The van der Waals surface area contributed by atoms with Crippen molar-refractivity contribution in [2.24, 2.45) is 0 Å². The van der Waals surface area contributed by atoms with Crippen molar-refractivity contribution in [3.05, 3.63) is 17.8 Å². The number of aromatic nitrogens is 1. The minimum Gasteiger partial charge on any atom is -0.447 e. The molecule has 0 aromatic carbocycles. The maximum atomic E-state index is 5.54. The van der Waals surface area contributed by atoms with Crippen LogP contribution in [0.15, 0.2) is 10.7 Å². The fourth-order valence-electron chi connectivity index (χ4n) is 2.07. The van der Waals surface area contributed by atoms with E-state index in [2.05, 4.69) is 22.2 Å². The lowest BCUT2D eigenvalue weighted by Crippen LogP contribution is -2.17. The van der Waals surface area contributed by atoms with Crippen molar-refractivity contribution in [3.63, 3.8) is 0 Å². The van der Waals surface area contributed by atoms with Crippen molar-refractivity contribution < 1.29 is 4.42 Å². The second kappa shape index (κ2) is 4.77. The molecule has 0 spiro atoms. The zero-order valence-corrected chi connectivity index (χ0v) is 9.49. The van der Waals surface area contributed by atoms with E-state index in [-0.39, 0.29) is 0 Å². The van der Waals surface area contributed by atoms with Crippen LogP contribution in [0.2, 0.25) is 0 Å². The van der Waals surface area contributed by atoms with Crippen molar-refractivity contribution in [2.45, 2.75) is 25.3 Å². The van der Waals surface area contributed by atoms with Crippen LogP contribution in [0, 0.1) is 0 Å². The first-order valence-corrected chi connectivity index (χ1v) is 5.60. The summed E-state index contributed by atoms with van der Waals surface area (Å²) in [5.41, 5.74) is 1.06. The summed E-state index contributed by atoms with van der Waals surface area (Å²) in [6.07, 6.45) is 5.15. The van der Waals surface area contributed by atoms with Crippen LogP contribution in [-0.4, -0.2) is 37.1 Å². The van der Waals surface area contributed by atoms with Crippen LogP contribution >= 0.6 is 0 Å². The lowest BCUT2D eigenvalue weighted by molar-refractivity contribution is 0.268. The first-order valence-electron chi connectivity index (χ1n) is 5.60. The van der Waals surface area contributed by atoms with Gasteiger partial charge in [-0.3, -0.25) is 4.90 Å². The average Bonchev–Trinajstić information content (AvgIpc) is 2.83. The molecule has 0 bridgehead atoms. The minimum absolute atomic E-state index is 0.397. The van der Waals surface area contributed by atoms with Gasteiger partial charge in [0, 0.05) is 13.0 Å². The monoisotopic (exact) mass is 209 g/mol. The number of rotatable bonds is 4. The molecule has 1 saturated heterocycles. The summed E-state index contributed by atoms with van der Waals surface area (Å²) in [5.74, 6) is 0.890. The molecule has 1 N–H and O–H groups in total. The van der Waals surface area contributed by atoms with E-state index in [4.69, 9.17) is 4.42 Å². The van der Waals surface area contributed by atoms with E-state index in [9.17, 15) is 0 Å². The molecule has 84 valence electrons. The molecule has 0 saturated carbocycles. The van der Waals surface area contributed by atoms with Gasteiger partial charge in [-0.1, -0.05) is 0 Å². The molecule has 1 aliphatic heterocycles. The molecule has 0 aliphatic carbocycles. The standard InChI is InChI=1S/C11H19N3O/c1-12-6-5-9-8-15-11(13-9)10-4-3-7-14(10)2/h8,10,12H,3-7H2,1-2H3. The predicted molar refractivity (Wildman–Crippen MR) is 58.7 cm³/mol. The Morgan fingerprint density at radius 3 is 3.20 bits per heavy atom. The first-order chi connectivity index (χ1) is 7.31. The highest BCUT2D eigenvalue weighted by molar-refractivity contribution is 5.02. The highest BCUT2D eigenvalue weighted by Gasteiger charge is 2.26. The third kappa shape index (κ3) is 2.38. The summed E-state index contributed by atoms with van der Waals surface area (Å²) in [5, 5.41) is 3.11. The lowest BCUT2D eigenvalue weighted by atomic mass is 10.2. The Kier molecular flexibility index (Phi) is 3.38. The average molecular weight is 209 g/mol. The fraction of sp³-hybridized carbons (Fsp3) is 0.727. The zero-order chi connectivity index (χ0) is 10.7. The van der Waals surface area contributed by atoms with Crippen LogP contribution in [0.4, 0.5) is 0 Å². The normalized spacial score (nSPS) is 22.4. The smallest absolute Gasteiger partial charge is 0.211 e. The van der Waals surface area contributed by atoms with Gasteiger partial charge in [-0.25, -0.2) is 4.98 Å². The Hall–Kier alpha value is -0.870. The summed E-state index contributed by atoms with van der Waals surface area (Å²) in [7, 11) is 4.08. The molecule has 1 fully saturated rings. The first kappa shape index (κ1) is 10.6. The van der Waals surface area contributed by atoms with Crippen molar-refractivity contribution in [2.75, 3.05) is 27.2 Å². The van der Waals surface area contributed by atoms with E-state index in [1.54, 1.807) is 6.26 Å².